The topological polar surface area (TPSA) is 81.1 Å². The molecule has 0 spiro atoms. The molecule has 8 heteroatoms. The highest BCUT2D eigenvalue weighted by Crippen LogP contribution is 2.20. The Hall–Kier alpha value is -2.09. The SMILES string of the molecule is CCc1cnc(OC2CCN(C(=O)c3snnc3C)CC2)nc1. The molecule has 0 radical (unpaired) electrons. The number of likely N-dealkylation sites (tertiary alicyclic amines) is 1. The van der Waals surface area contributed by atoms with Crippen molar-refractivity contribution in [3.05, 3.63) is 28.5 Å². The van der Waals surface area contributed by atoms with E-state index in [-0.39, 0.29) is 12.0 Å². The van der Waals surface area contributed by atoms with Crippen molar-refractivity contribution in [2.75, 3.05) is 13.1 Å². The summed E-state index contributed by atoms with van der Waals surface area (Å²) in [5.41, 5.74) is 1.79. The third kappa shape index (κ3) is 3.64. The summed E-state index contributed by atoms with van der Waals surface area (Å²) in [6.07, 6.45) is 6.09. The zero-order valence-electron chi connectivity index (χ0n) is 13.2. The number of piperidine rings is 1. The predicted octanol–water partition coefficient (Wildman–Crippen LogP) is 1.88. The minimum atomic E-state index is 0.0134. The van der Waals surface area contributed by atoms with Gasteiger partial charge < -0.3 is 9.64 Å². The summed E-state index contributed by atoms with van der Waals surface area (Å²) < 4.78 is 9.64. The lowest BCUT2D eigenvalue weighted by atomic mass is 10.1. The molecule has 3 rings (SSSR count). The molecule has 1 aliphatic heterocycles. The Balaban J connectivity index is 1.54. The average Bonchev–Trinajstić information content (AvgIpc) is 3.02. The lowest BCUT2D eigenvalue weighted by Crippen LogP contribution is -2.41. The number of rotatable bonds is 4. The molecular formula is C15H19N5O2S. The molecule has 0 bridgehead atoms. The van der Waals surface area contributed by atoms with Crippen LogP contribution in [0.5, 0.6) is 6.01 Å². The lowest BCUT2D eigenvalue weighted by Gasteiger charge is -2.31. The average molecular weight is 333 g/mol. The van der Waals surface area contributed by atoms with Crippen LogP contribution in [0.15, 0.2) is 12.4 Å². The van der Waals surface area contributed by atoms with Crippen molar-refractivity contribution in [3.63, 3.8) is 0 Å². The van der Waals surface area contributed by atoms with Gasteiger partial charge in [-0.05, 0) is 30.4 Å². The number of hydrogen-bond donors (Lipinski definition) is 0. The van der Waals surface area contributed by atoms with Crippen LogP contribution in [0, 0.1) is 6.92 Å². The molecule has 0 atom stereocenters. The first-order chi connectivity index (χ1) is 11.2. The Morgan fingerprint density at radius 3 is 2.61 bits per heavy atom. The summed E-state index contributed by atoms with van der Waals surface area (Å²) in [7, 11) is 0. The molecular weight excluding hydrogens is 314 g/mol. The predicted molar refractivity (Wildman–Crippen MR) is 85.6 cm³/mol. The standard InChI is InChI=1S/C15H19N5O2S/c1-3-11-8-16-15(17-9-11)22-12-4-6-20(7-5-12)14(21)13-10(2)18-19-23-13/h8-9,12H,3-7H2,1-2H3. The Kier molecular flexibility index (Phi) is 4.80. The zero-order chi connectivity index (χ0) is 16.2. The minimum absolute atomic E-state index is 0.0134. The summed E-state index contributed by atoms with van der Waals surface area (Å²) in [6, 6.07) is 0.412. The van der Waals surface area contributed by atoms with E-state index in [2.05, 4.69) is 26.5 Å². The van der Waals surface area contributed by atoms with Gasteiger partial charge in [-0.1, -0.05) is 11.4 Å². The summed E-state index contributed by atoms with van der Waals surface area (Å²) in [4.78, 5) is 23.3. The number of carbonyl (C=O) groups is 1. The fraction of sp³-hybridized carbons (Fsp3) is 0.533. The van der Waals surface area contributed by atoms with Gasteiger partial charge in [-0.2, -0.15) is 0 Å². The molecule has 122 valence electrons. The van der Waals surface area contributed by atoms with Gasteiger partial charge in [0.25, 0.3) is 5.91 Å². The molecule has 0 aromatic carbocycles. The van der Waals surface area contributed by atoms with Crippen molar-refractivity contribution in [1.82, 2.24) is 24.5 Å². The fourth-order valence-electron chi connectivity index (χ4n) is 2.48. The van der Waals surface area contributed by atoms with Gasteiger partial charge >= 0.3 is 6.01 Å². The summed E-state index contributed by atoms with van der Waals surface area (Å²) in [5.74, 6) is 0.0134. The van der Waals surface area contributed by atoms with E-state index >= 15 is 0 Å². The number of aromatic nitrogens is 4. The second-order valence-corrected chi connectivity index (χ2v) is 6.28. The van der Waals surface area contributed by atoms with Crippen LogP contribution in [-0.4, -0.2) is 49.6 Å². The number of ether oxygens (including phenoxy) is 1. The van der Waals surface area contributed by atoms with E-state index in [0.717, 1.165) is 36.4 Å². The van der Waals surface area contributed by atoms with Crippen LogP contribution in [0.25, 0.3) is 0 Å². The van der Waals surface area contributed by atoms with Crippen LogP contribution in [0.3, 0.4) is 0 Å². The Bertz CT molecular complexity index is 665. The minimum Gasteiger partial charge on any atom is -0.460 e. The maximum Gasteiger partial charge on any atom is 0.316 e. The molecule has 0 aliphatic carbocycles. The Labute approximate surface area is 138 Å². The molecule has 0 unspecified atom stereocenters. The van der Waals surface area contributed by atoms with Crippen molar-refractivity contribution in [2.24, 2.45) is 0 Å². The van der Waals surface area contributed by atoms with Gasteiger partial charge in [0.1, 0.15) is 11.0 Å². The number of aryl methyl sites for hydroxylation is 2. The maximum absolute atomic E-state index is 12.4. The number of amides is 1. The van der Waals surface area contributed by atoms with Crippen molar-refractivity contribution in [2.45, 2.75) is 39.2 Å². The second-order valence-electron chi connectivity index (χ2n) is 5.52. The second kappa shape index (κ2) is 6.99. The van der Waals surface area contributed by atoms with Crippen LogP contribution in [0.4, 0.5) is 0 Å². The number of carbonyl (C=O) groups excluding carboxylic acids is 1. The van der Waals surface area contributed by atoms with E-state index in [9.17, 15) is 4.79 Å². The third-order valence-corrected chi connectivity index (χ3v) is 4.75. The van der Waals surface area contributed by atoms with E-state index in [1.807, 2.05) is 11.8 Å². The first-order valence-electron chi connectivity index (χ1n) is 7.73. The molecule has 2 aromatic rings. The van der Waals surface area contributed by atoms with E-state index in [4.69, 9.17) is 4.74 Å². The molecule has 7 nitrogen and oxygen atoms in total. The first kappa shape index (κ1) is 15.8. The van der Waals surface area contributed by atoms with Gasteiger partial charge in [-0.15, -0.1) is 5.10 Å². The smallest absolute Gasteiger partial charge is 0.316 e. The number of hydrogen-bond acceptors (Lipinski definition) is 7. The molecule has 2 aromatic heterocycles. The molecule has 0 saturated carbocycles. The molecule has 1 aliphatic rings. The summed E-state index contributed by atoms with van der Waals surface area (Å²) in [5, 5.41) is 3.90. The van der Waals surface area contributed by atoms with Gasteiger partial charge in [0, 0.05) is 38.3 Å². The van der Waals surface area contributed by atoms with Crippen LogP contribution in [0.2, 0.25) is 0 Å². The van der Waals surface area contributed by atoms with E-state index < -0.39 is 0 Å². The van der Waals surface area contributed by atoms with Crippen LogP contribution >= 0.6 is 11.5 Å². The van der Waals surface area contributed by atoms with E-state index in [1.54, 1.807) is 12.4 Å². The summed E-state index contributed by atoms with van der Waals surface area (Å²) >= 11 is 1.15. The highest BCUT2D eigenvalue weighted by Gasteiger charge is 2.27. The van der Waals surface area contributed by atoms with Crippen molar-refractivity contribution < 1.29 is 9.53 Å². The van der Waals surface area contributed by atoms with Gasteiger partial charge in [0.05, 0.1) is 5.69 Å². The van der Waals surface area contributed by atoms with E-state index in [1.165, 1.54) is 0 Å². The van der Waals surface area contributed by atoms with Gasteiger partial charge in [0.2, 0.25) is 0 Å². The first-order valence-corrected chi connectivity index (χ1v) is 8.50. The van der Waals surface area contributed by atoms with Gasteiger partial charge in [0.15, 0.2) is 0 Å². The highest BCUT2D eigenvalue weighted by atomic mass is 32.1. The van der Waals surface area contributed by atoms with Crippen molar-refractivity contribution in [1.29, 1.82) is 0 Å². The summed E-state index contributed by atoms with van der Waals surface area (Å²) in [6.45, 7) is 5.19. The quantitative estimate of drug-likeness (QED) is 0.850. The zero-order valence-corrected chi connectivity index (χ0v) is 14.0. The van der Waals surface area contributed by atoms with E-state index in [0.29, 0.717) is 29.7 Å². The molecule has 3 heterocycles. The fourth-order valence-corrected chi connectivity index (χ4v) is 3.11. The van der Waals surface area contributed by atoms with Crippen LogP contribution < -0.4 is 4.74 Å². The van der Waals surface area contributed by atoms with Gasteiger partial charge in [-0.25, -0.2) is 9.97 Å². The monoisotopic (exact) mass is 333 g/mol. The normalized spacial score (nSPS) is 15.7. The Morgan fingerprint density at radius 1 is 1.35 bits per heavy atom. The lowest BCUT2D eigenvalue weighted by molar-refractivity contribution is 0.0582. The molecule has 0 N–H and O–H groups in total. The molecule has 1 saturated heterocycles. The van der Waals surface area contributed by atoms with Crippen LogP contribution in [0.1, 0.15) is 40.7 Å². The maximum atomic E-state index is 12.4. The van der Waals surface area contributed by atoms with Crippen molar-refractivity contribution in [3.8, 4) is 6.01 Å². The largest absolute Gasteiger partial charge is 0.460 e. The number of nitrogens with zero attached hydrogens (tertiary/aromatic N) is 5. The Morgan fingerprint density at radius 2 is 2.04 bits per heavy atom. The van der Waals surface area contributed by atoms with Crippen LogP contribution in [-0.2, 0) is 6.42 Å². The molecule has 1 fully saturated rings. The molecule has 1 amide bonds. The van der Waals surface area contributed by atoms with Crippen molar-refractivity contribution >= 4 is 17.4 Å². The highest BCUT2D eigenvalue weighted by molar-refractivity contribution is 7.07. The molecule has 23 heavy (non-hydrogen) atoms. The third-order valence-electron chi connectivity index (χ3n) is 3.94. The van der Waals surface area contributed by atoms with Gasteiger partial charge in [-0.3, -0.25) is 4.79 Å².